The van der Waals surface area contributed by atoms with Gasteiger partial charge in [-0.2, -0.15) is 0 Å². The smallest absolute Gasteiger partial charge is 0.0789 e. The van der Waals surface area contributed by atoms with Gasteiger partial charge in [0.1, 0.15) is 0 Å². The lowest BCUT2D eigenvalue weighted by molar-refractivity contribution is 0.322. The zero-order valence-electron chi connectivity index (χ0n) is 6.56. The van der Waals surface area contributed by atoms with E-state index in [9.17, 15) is 0 Å². The van der Waals surface area contributed by atoms with Gasteiger partial charge in [-0.15, -0.1) is 11.8 Å². The van der Waals surface area contributed by atoms with E-state index < -0.39 is 0 Å². The molecule has 0 atom stereocenters. The summed E-state index contributed by atoms with van der Waals surface area (Å²) in [5, 5.41) is 9.88. The quantitative estimate of drug-likeness (QED) is 0.658. The van der Waals surface area contributed by atoms with Gasteiger partial charge in [-0.25, -0.2) is 0 Å². The molecule has 1 rings (SSSR count). The van der Waals surface area contributed by atoms with Crippen molar-refractivity contribution in [3.8, 4) is 0 Å². The minimum absolute atomic E-state index is 0.112. The molecule has 0 aromatic heterocycles. The van der Waals surface area contributed by atoms with Gasteiger partial charge < -0.3 is 5.11 Å². The summed E-state index contributed by atoms with van der Waals surface area (Å²) in [6.07, 6.45) is 0. The van der Waals surface area contributed by atoms with Crippen molar-refractivity contribution in [2.24, 2.45) is 0 Å². The Kier molecular flexibility index (Phi) is 4.70. The molecule has 13 heavy (non-hydrogen) atoms. The van der Waals surface area contributed by atoms with Gasteiger partial charge in [0, 0.05) is 10.6 Å². The van der Waals surface area contributed by atoms with Crippen LogP contribution < -0.4 is 0 Å². The lowest BCUT2D eigenvalue weighted by Crippen LogP contribution is -1.86. The van der Waals surface area contributed by atoms with Crippen LogP contribution in [0.4, 0.5) is 0 Å². The maximum Gasteiger partial charge on any atom is 0.0789 e. The predicted octanol–water partition coefficient (Wildman–Crippen LogP) is 3.73. The summed E-state index contributed by atoms with van der Waals surface area (Å²) in [4.78, 5) is 0.838. The summed E-state index contributed by atoms with van der Waals surface area (Å²) in [5.41, 5.74) is 0. The normalized spacial score (nSPS) is 10.5. The summed E-state index contributed by atoms with van der Waals surface area (Å²) in [6.45, 7) is 0.112. The highest BCUT2D eigenvalue weighted by molar-refractivity contribution is 7.99. The van der Waals surface area contributed by atoms with Crippen LogP contribution in [-0.2, 0) is 0 Å². The van der Waals surface area contributed by atoms with Gasteiger partial charge in [-0.3, -0.25) is 0 Å². The number of hydrogen-bond donors (Lipinski definition) is 1. The maximum absolute atomic E-state index is 8.62. The Bertz CT molecular complexity index is 304. The van der Waals surface area contributed by atoms with Crippen molar-refractivity contribution in [2.45, 2.75) is 4.90 Å². The molecule has 0 unspecified atom stereocenters. The van der Waals surface area contributed by atoms with Crippen LogP contribution in [-0.4, -0.2) is 17.5 Å². The maximum atomic E-state index is 8.62. The Hall–Kier alpha value is 0.400. The number of thioether (sulfide) groups is 1. The third-order valence-corrected chi connectivity index (χ3v) is 3.79. The molecule has 0 aliphatic rings. The zero-order chi connectivity index (χ0) is 9.84. The monoisotopic (exact) mass is 256 g/mol. The van der Waals surface area contributed by atoms with E-state index in [-0.39, 0.29) is 6.61 Å². The summed E-state index contributed by atoms with van der Waals surface area (Å²) < 4.78 is 0. The molecule has 0 aliphatic carbocycles. The average Bonchev–Trinajstić information content (AvgIpc) is 2.13. The number of benzene rings is 1. The molecule has 0 spiro atoms. The van der Waals surface area contributed by atoms with Gasteiger partial charge >= 0.3 is 0 Å². The molecule has 72 valence electrons. The Morgan fingerprint density at radius 1 is 1.15 bits per heavy atom. The molecule has 5 heteroatoms. The molecule has 0 saturated heterocycles. The van der Waals surface area contributed by atoms with Crippen molar-refractivity contribution < 1.29 is 5.11 Å². The van der Waals surface area contributed by atoms with E-state index in [0.29, 0.717) is 20.8 Å². The van der Waals surface area contributed by atoms with Crippen molar-refractivity contribution in [1.82, 2.24) is 0 Å². The number of aliphatic hydroxyl groups excluding tert-OH is 1. The molecule has 0 heterocycles. The first kappa shape index (κ1) is 11.5. The fraction of sp³-hybridized carbons (Fsp3) is 0.250. The first-order valence-corrected chi connectivity index (χ1v) is 5.66. The van der Waals surface area contributed by atoms with E-state index in [1.807, 2.05) is 0 Å². The van der Waals surface area contributed by atoms with E-state index in [2.05, 4.69) is 0 Å². The average molecular weight is 258 g/mol. The third-order valence-electron chi connectivity index (χ3n) is 1.35. The highest BCUT2D eigenvalue weighted by Crippen LogP contribution is 2.37. The van der Waals surface area contributed by atoms with Crippen LogP contribution in [0, 0.1) is 0 Å². The summed E-state index contributed by atoms with van der Waals surface area (Å²) in [5.74, 6) is 0.595. The van der Waals surface area contributed by atoms with Gasteiger partial charge in [0.05, 0.1) is 21.7 Å². The van der Waals surface area contributed by atoms with Crippen molar-refractivity contribution in [3.63, 3.8) is 0 Å². The summed E-state index contributed by atoms with van der Waals surface area (Å²) in [7, 11) is 0. The van der Waals surface area contributed by atoms with Crippen molar-refractivity contribution in [3.05, 3.63) is 27.2 Å². The molecule has 0 amide bonds. The molecular formula is C8H7Cl3OS. The van der Waals surface area contributed by atoms with Crippen LogP contribution in [0.1, 0.15) is 0 Å². The lowest BCUT2D eigenvalue weighted by Gasteiger charge is -2.05. The Morgan fingerprint density at radius 3 is 2.46 bits per heavy atom. The van der Waals surface area contributed by atoms with Crippen LogP contribution in [0.2, 0.25) is 15.1 Å². The predicted molar refractivity (Wildman–Crippen MR) is 59.3 cm³/mol. The third kappa shape index (κ3) is 2.93. The minimum atomic E-state index is 0.112. The van der Waals surface area contributed by atoms with E-state index >= 15 is 0 Å². The Balaban J connectivity index is 2.90. The number of hydrogen-bond acceptors (Lipinski definition) is 2. The van der Waals surface area contributed by atoms with Crippen LogP contribution in [0.25, 0.3) is 0 Å². The molecule has 0 saturated carbocycles. The Morgan fingerprint density at radius 2 is 1.85 bits per heavy atom. The first-order valence-electron chi connectivity index (χ1n) is 3.54. The molecule has 1 nitrogen and oxygen atoms in total. The highest BCUT2D eigenvalue weighted by Gasteiger charge is 2.08. The van der Waals surface area contributed by atoms with E-state index in [1.54, 1.807) is 12.1 Å². The van der Waals surface area contributed by atoms with Gasteiger partial charge in [-0.05, 0) is 12.1 Å². The molecule has 1 aromatic carbocycles. The van der Waals surface area contributed by atoms with Crippen molar-refractivity contribution >= 4 is 46.6 Å². The van der Waals surface area contributed by atoms with E-state index in [4.69, 9.17) is 39.9 Å². The molecule has 0 fully saturated rings. The molecule has 1 N–H and O–H groups in total. The Labute approximate surface area is 96.0 Å². The molecule has 0 aliphatic heterocycles. The van der Waals surface area contributed by atoms with E-state index in [0.717, 1.165) is 4.90 Å². The minimum Gasteiger partial charge on any atom is -0.396 e. The topological polar surface area (TPSA) is 20.2 Å². The van der Waals surface area contributed by atoms with Crippen LogP contribution in [0.5, 0.6) is 0 Å². The number of aliphatic hydroxyl groups is 1. The largest absolute Gasteiger partial charge is 0.396 e. The second-order valence-electron chi connectivity index (χ2n) is 2.25. The summed E-state index contributed by atoms with van der Waals surface area (Å²) >= 11 is 18.9. The summed E-state index contributed by atoms with van der Waals surface area (Å²) in [6, 6.07) is 3.48. The van der Waals surface area contributed by atoms with Crippen LogP contribution in [0.15, 0.2) is 17.0 Å². The highest BCUT2D eigenvalue weighted by atomic mass is 35.5. The molecular weight excluding hydrogens is 251 g/mol. The zero-order valence-corrected chi connectivity index (χ0v) is 9.64. The van der Waals surface area contributed by atoms with Gasteiger partial charge in [0.25, 0.3) is 0 Å². The second kappa shape index (κ2) is 5.32. The molecule has 1 aromatic rings. The number of rotatable bonds is 3. The lowest BCUT2D eigenvalue weighted by atomic mass is 10.4. The van der Waals surface area contributed by atoms with E-state index in [1.165, 1.54) is 11.8 Å². The molecule has 0 radical (unpaired) electrons. The van der Waals surface area contributed by atoms with Gasteiger partial charge in [-0.1, -0.05) is 34.8 Å². The van der Waals surface area contributed by atoms with Crippen LogP contribution in [0.3, 0.4) is 0 Å². The molecule has 0 bridgehead atoms. The number of halogens is 3. The standard InChI is InChI=1S/C8H7Cl3OS/c9-5-1-2-6(13-4-3-12)8(11)7(5)10/h1-2,12H,3-4H2. The van der Waals surface area contributed by atoms with Crippen molar-refractivity contribution in [1.29, 1.82) is 0 Å². The first-order chi connectivity index (χ1) is 6.16. The van der Waals surface area contributed by atoms with Crippen LogP contribution >= 0.6 is 46.6 Å². The second-order valence-corrected chi connectivity index (χ2v) is 4.55. The van der Waals surface area contributed by atoms with Gasteiger partial charge in [0.15, 0.2) is 0 Å². The van der Waals surface area contributed by atoms with Crippen molar-refractivity contribution in [2.75, 3.05) is 12.4 Å². The fourth-order valence-electron chi connectivity index (χ4n) is 0.775. The SMILES string of the molecule is OCCSc1ccc(Cl)c(Cl)c1Cl. The van der Waals surface area contributed by atoms with Gasteiger partial charge in [0.2, 0.25) is 0 Å². The fourth-order valence-corrected chi connectivity index (χ4v) is 2.23.